The lowest BCUT2D eigenvalue weighted by molar-refractivity contribution is 0.285. The van der Waals surface area contributed by atoms with E-state index in [0.29, 0.717) is 6.54 Å². The summed E-state index contributed by atoms with van der Waals surface area (Å²) in [6, 6.07) is 4.66. The van der Waals surface area contributed by atoms with E-state index in [1.165, 1.54) is 12.1 Å². The van der Waals surface area contributed by atoms with Crippen LogP contribution < -0.4 is 5.43 Å². The predicted octanol–water partition coefficient (Wildman–Crippen LogP) is 2.15. The highest BCUT2D eigenvalue weighted by Crippen LogP contribution is 2.17. The Balaban J connectivity index is 2.70. The average molecular weight is 247 g/mol. The van der Waals surface area contributed by atoms with Crippen LogP contribution in [0.15, 0.2) is 22.7 Å². The number of hydrogen-bond donors (Lipinski definition) is 1. The Kier molecular flexibility index (Phi) is 3.84. The summed E-state index contributed by atoms with van der Waals surface area (Å²) in [5, 5.41) is 1.83. The Bertz CT molecular complexity index is 289. The highest BCUT2D eigenvalue weighted by molar-refractivity contribution is 9.10. The molecule has 0 radical (unpaired) electrons. The summed E-state index contributed by atoms with van der Waals surface area (Å²) < 4.78 is 13.7. The van der Waals surface area contributed by atoms with Crippen LogP contribution in [-0.2, 0) is 6.54 Å². The van der Waals surface area contributed by atoms with Gasteiger partial charge in [0.15, 0.2) is 0 Å². The van der Waals surface area contributed by atoms with Gasteiger partial charge in [-0.15, -0.1) is 0 Å². The third-order valence-electron chi connectivity index (χ3n) is 1.59. The van der Waals surface area contributed by atoms with E-state index < -0.39 is 0 Å². The first-order chi connectivity index (χ1) is 6.09. The van der Waals surface area contributed by atoms with Gasteiger partial charge in [0.2, 0.25) is 0 Å². The number of hydrazine groups is 1. The third-order valence-corrected chi connectivity index (χ3v) is 2.37. The van der Waals surface area contributed by atoms with Crippen molar-refractivity contribution in [1.29, 1.82) is 0 Å². The van der Waals surface area contributed by atoms with Gasteiger partial charge >= 0.3 is 0 Å². The van der Waals surface area contributed by atoms with Crippen LogP contribution in [-0.4, -0.2) is 19.1 Å². The quantitative estimate of drug-likeness (QED) is 0.823. The molecule has 0 heterocycles. The van der Waals surface area contributed by atoms with Crippen LogP contribution in [0.3, 0.4) is 0 Å². The van der Waals surface area contributed by atoms with Crippen molar-refractivity contribution in [2.24, 2.45) is 0 Å². The molecule has 4 heteroatoms. The van der Waals surface area contributed by atoms with Gasteiger partial charge in [-0.1, -0.05) is 15.9 Å². The van der Waals surface area contributed by atoms with E-state index >= 15 is 0 Å². The van der Waals surface area contributed by atoms with Crippen molar-refractivity contribution in [1.82, 2.24) is 10.4 Å². The number of nitrogens with one attached hydrogen (secondary N) is 1. The molecule has 0 aromatic heterocycles. The van der Waals surface area contributed by atoms with Gasteiger partial charge in [-0.3, -0.25) is 10.4 Å². The molecular weight excluding hydrogens is 235 g/mol. The number of halogens is 2. The second-order valence-corrected chi connectivity index (χ2v) is 3.82. The summed E-state index contributed by atoms with van der Waals surface area (Å²) in [5.74, 6) is -0.209. The molecule has 0 fully saturated rings. The Labute approximate surface area is 85.8 Å². The minimum Gasteiger partial charge on any atom is -0.251 e. The fourth-order valence-corrected chi connectivity index (χ4v) is 1.31. The molecule has 0 saturated carbocycles. The van der Waals surface area contributed by atoms with Gasteiger partial charge in [0.25, 0.3) is 0 Å². The first kappa shape index (κ1) is 10.6. The molecule has 0 saturated heterocycles. The summed E-state index contributed by atoms with van der Waals surface area (Å²) >= 11 is 3.36. The van der Waals surface area contributed by atoms with Gasteiger partial charge < -0.3 is 0 Å². The van der Waals surface area contributed by atoms with Gasteiger partial charge in [0.05, 0.1) is 0 Å². The van der Waals surface area contributed by atoms with Crippen LogP contribution in [0.5, 0.6) is 0 Å². The summed E-state index contributed by atoms with van der Waals surface area (Å²) in [6.45, 7) is 0.616. The molecule has 0 unspecified atom stereocenters. The molecule has 2 nitrogen and oxygen atoms in total. The highest BCUT2D eigenvalue weighted by Gasteiger charge is 2.01. The zero-order chi connectivity index (χ0) is 9.84. The molecular formula is C9H12BrFN2. The van der Waals surface area contributed by atoms with E-state index in [2.05, 4.69) is 21.4 Å². The summed E-state index contributed by atoms with van der Waals surface area (Å²) in [4.78, 5) is 0. The lowest BCUT2D eigenvalue weighted by Gasteiger charge is -2.12. The Morgan fingerprint density at radius 3 is 2.77 bits per heavy atom. The van der Waals surface area contributed by atoms with Crippen molar-refractivity contribution >= 4 is 15.9 Å². The van der Waals surface area contributed by atoms with E-state index in [4.69, 9.17) is 0 Å². The van der Waals surface area contributed by atoms with Crippen molar-refractivity contribution in [3.63, 3.8) is 0 Å². The normalized spacial score (nSPS) is 10.8. The maximum absolute atomic E-state index is 12.8. The molecule has 1 aromatic carbocycles. The van der Waals surface area contributed by atoms with Crippen molar-refractivity contribution in [2.45, 2.75) is 6.54 Å². The van der Waals surface area contributed by atoms with E-state index in [0.717, 1.165) is 10.0 Å². The van der Waals surface area contributed by atoms with Crippen molar-refractivity contribution in [3.8, 4) is 0 Å². The Morgan fingerprint density at radius 2 is 2.15 bits per heavy atom. The molecule has 1 rings (SSSR count). The largest absolute Gasteiger partial charge is 0.251 e. The monoisotopic (exact) mass is 246 g/mol. The lowest BCUT2D eigenvalue weighted by atomic mass is 10.2. The smallest absolute Gasteiger partial charge is 0.123 e. The van der Waals surface area contributed by atoms with E-state index in [9.17, 15) is 4.39 Å². The van der Waals surface area contributed by atoms with Gasteiger partial charge in [-0.25, -0.2) is 4.39 Å². The molecule has 0 bridgehead atoms. The zero-order valence-electron chi connectivity index (χ0n) is 7.64. The first-order valence-corrected chi connectivity index (χ1v) is 4.73. The Morgan fingerprint density at radius 1 is 1.46 bits per heavy atom. The van der Waals surface area contributed by atoms with E-state index in [1.807, 2.05) is 19.1 Å². The summed E-state index contributed by atoms with van der Waals surface area (Å²) in [5.41, 5.74) is 3.98. The number of hydrogen-bond acceptors (Lipinski definition) is 2. The molecule has 1 aromatic rings. The predicted molar refractivity (Wildman–Crippen MR) is 54.6 cm³/mol. The highest BCUT2D eigenvalue weighted by atomic mass is 79.9. The summed E-state index contributed by atoms with van der Waals surface area (Å²) in [7, 11) is 3.79. The maximum atomic E-state index is 12.8. The van der Waals surface area contributed by atoms with E-state index in [1.54, 1.807) is 6.07 Å². The van der Waals surface area contributed by atoms with Crippen LogP contribution in [0.4, 0.5) is 4.39 Å². The summed E-state index contributed by atoms with van der Waals surface area (Å²) in [6.07, 6.45) is 0. The van der Waals surface area contributed by atoms with Gasteiger partial charge in [0.1, 0.15) is 5.82 Å². The van der Waals surface area contributed by atoms with Crippen molar-refractivity contribution < 1.29 is 4.39 Å². The van der Waals surface area contributed by atoms with Crippen LogP contribution in [0.1, 0.15) is 5.56 Å². The number of benzene rings is 1. The van der Waals surface area contributed by atoms with Crippen LogP contribution in [0.25, 0.3) is 0 Å². The second kappa shape index (κ2) is 4.69. The number of nitrogens with zero attached hydrogens (tertiary/aromatic N) is 1. The van der Waals surface area contributed by atoms with E-state index in [-0.39, 0.29) is 5.82 Å². The van der Waals surface area contributed by atoms with Crippen LogP contribution in [0, 0.1) is 5.82 Å². The fourth-order valence-electron chi connectivity index (χ4n) is 0.922. The number of rotatable bonds is 3. The Hall–Kier alpha value is -0.450. The minimum atomic E-state index is -0.209. The molecule has 0 amide bonds. The molecule has 0 aliphatic rings. The van der Waals surface area contributed by atoms with Gasteiger partial charge in [-0.05, 0) is 23.8 Å². The molecule has 0 spiro atoms. The lowest BCUT2D eigenvalue weighted by Crippen LogP contribution is -2.29. The maximum Gasteiger partial charge on any atom is 0.123 e. The first-order valence-electron chi connectivity index (χ1n) is 3.94. The average Bonchev–Trinajstić information content (AvgIpc) is 2.06. The minimum absolute atomic E-state index is 0.209. The SMILES string of the molecule is CN(C)NCc1cc(F)ccc1Br. The van der Waals surface area contributed by atoms with Gasteiger partial charge in [-0.2, -0.15) is 0 Å². The molecule has 72 valence electrons. The third kappa shape index (κ3) is 3.42. The zero-order valence-corrected chi connectivity index (χ0v) is 9.23. The van der Waals surface area contributed by atoms with Crippen molar-refractivity contribution in [3.05, 3.63) is 34.1 Å². The molecule has 1 N–H and O–H groups in total. The van der Waals surface area contributed by atoms with Crippen LogP contribution in [0.2, 0.25) is 0 Å². The van der Waals surface area contributed by atoms with Gasteiger partial charge in [0, 0.05) is 25.1 Å². The standard InChI is InChI=1S/C9H12BrFN2/c1-13(2)12-6-7-5-8(11)3-4-9(7)10/h3-5,12H,6H2,1-2H3. The molecule has 0 aliphatic heterocycles. The molecule has 0 aliphatic carbocycles. The second-order valence-electron chi connectivity index (χ2n) is 2.97. The fraction of sp³-hybridized carbons (Fsp3) is 0.333. The topological polar surface area (TPSA) is 15.3 Å². The molecule has 13 heavy (non-hydrogen) atoms. The van der Waals surface area contributed by atoms with Crippen LogP contribution >= 0.6 is 15.9 Å². The van der Waals surface area contributed by atoms with Crippen molar-refractivity contribution in [2.75, 3.05) is 14.1 Å². The molecule has 0 atom stereocenters.